The first-order chi connectivity index (χ1) is 17.5. The second-order valence-corrected chi connectivity index (χ2v) is 9.46. The molecule has 36 heavy (non-hydrogen) atoms. The van der Waals surface area contributed by atoms with Crippen LogP contribution in [0.5, 0.6) is 17.2 Å². The number of hydrogen-bond donors (Lipinski definition) is 0. The van der Waals surface area contributed by atoms with E-state index in [-0.39, 0.29) is 16.0 Å². The van der Waals surface area contributed by atoms with Gasteiger partial charge in [-0.3, -0.25) is 4.79 Å². The molecular weight excluding hydrogens is 503 g/mol. The molecule has 0 radical (unpaired) electrons. The molecule has 0 fully saturated rings. The summed E-state index contributed by atoms with van der Waals surface area (Å²) in [6.07, 6.45) is 1.49. The fraction of sp³-hybridized carbons (Fsp3) is 0.120. The van der Waals surface area contributed by atoms with Crippen molar-refractivity contribution in [3.8, 4) is 17.2 Å². The van der Waals surface area contributed by atoms with E-state index in [1.165, 1.54) is 56.0 Å². The molecule has 0 spiro atoms. The molecule has 2 heterocycles. The molecule has 8 nitrogen and oxygen atoms in total. The number of ether oxygens (including phenoxy) is 3. The smallest absolute Gasteiger partial charge is 0.309 e. The van der Waals surface area contributed by atoms with Crippen molar-refractivity contribution in [2.75, 3.05) is 26.3 Å². The van der Waals surface area contributed by atoms with Gasteiger partial charge in [0.1, 0.15) is 5.82 Å². The van der Waals surface area contributed by atoms with E-state index in [9.17, 15) is 9.18 Å². The van der Waals surface area contributed by atoms with Crippen LogP contribution < -0.4 is 19.2 Å². The standard InChI is InChI=1S/C25H19FN4O4S2/c1-32-18-10-14(11-19(33-2)22(18)34-3)13-27-30(25-29-17-9-8-15(26)12-21(17)36-25)24(31)23-28-16-6-4-5-7-20(16)35-23/h4-13H,1-3H3/b27-13+. The minimum absolute atomic E-state index is 0.253. The van der Waals surface area contributed by atoms with E-state index in [1.807, 2.05) is 24.3 Å². The Morgan fingerprint density at radius 2 is 1.64 bits per heavy atom. The number of hydrazone groups is 1. The second-order valence-electron chi connectivity index (χ2n) is 7.42. The highest BCUT2D eigenvalue weighted by Gasteiger charge is 2.24. The lowest BCUT2D eigenvalue weighted by Crippen LogP contribution is -2.25. The Labute approximate surface area is 213 Å². The van der Waals surface area contributed by atoms with Crippen molar-refractivity contribution < 1.29 is 23.4 Å². The van der Waals surface area contributed by atoms with Crippen LogP contribution in [-0.2, 0) is 0 Å². The monoisotopic (exact) mass is 522 g/mol. The number of nitrogens with zero attached hydrogens (tertiary/aromatic N) is 4. The van der Waals surface area contributed by atoms with Crippen molar-refractivity contribution in [3.63, 3.8) is 0 Å². The van der Waals surface area contributed by atoms with E-state index in [0.717, 1.165) is 16.0 Å². The van der Waals surface area contributed by atoms with Crippen LogP contribution in [0.25, 0.3) is 20.4 Å². The van der Waals surface area contributed by atoms with E-state index in [1.54, 1.807) is 18.2 Å². The fourth-order valence-electron chi connectivity index (χ4n) is 3.52. The Bertz CT molecular complexity index is 1560. The van der Waals surface area contributed by atoms with E-state index < -0.39 is 5.91 Å². The molecule has 0 atom stereocenters. The van der Waals surface area contributed by atoms with E-state index in [0.29, 0.717) is 38.5 Å². The molecule has 5 aromatic rings. The zero-order chi connectivity index (χ0) is 25.2. The van der Waals surface area contributed by atoms with Gasteiger partial charge in [0.15, 0.2) is 16.5 Å². The second kappa shape index (κ2) is 9.88. The van der Waals surface area contributed by atoms with Gasteiger partial charge in [-0.05, 0) is 42.5 Å². The SMILES string of the molecule is COc1cc(/C=N/N(C(=O)c2nc3ccccc3s2)c2nc3ccc(F)cc3s2)cc(OC)c1OC. The molecule has 0 N–H and O–H groups in total. The van der Waals surface area contributed by atoms with Crippen molar-refractivity contribution in [1.29, 1.82) is 0 Å². The molecule has 0 saturated carbocycles. The van der Waals surface area contributed by atoms with Crippen molar-refractivity contribution in [3.05, 3.63) is 71.0 Å². The molecule has 2 aromatic heterocycles. The first kappa shape index (κ1) is 23.6. The lowest BCUT2D eigenvalue weighted by Gasteiger charge is -2.14. The first-order valence-corrected chi connectivity index (χ1v) is 12.2. The number of carbonyl (C=O) groups excluding carboxylic acids is 1. The molecule has 0 bridgehead atoms. The Morgan fingerprint density at radius 3 is 2.33 bits per heavy atom. The largest absolute Gasteiger partial charge is 0.493 e. The van der Waals surface area contributed by atoms with Crippen LogP contribution in [0.3, 0.4) is 0 Å². The number of rotatable bonds is 7. The number of hydrogen-bond acceptors (Lipinski definition) is 9. The number of fused-ring (bicyclic) bond motifs is 2. The van der Waals surface area contributed by atoms with Crippen LogP contribution in [0.15, 0.2) is 59.7 Å². The number of anilines is 1. The van der Waals surface area contributed by atoms with Gasteiger partial charge in [-0.15, -0.1) is 11.3 Å². The third-order valence-electron chi connectivity index (χ3n) is 5.20. The molecule has 182 valence electrons. The van der Waals surface area contributed by atoms with Gasteiger partial charge in [-0.25, -0.2) is 14.4 Å². The third-order valence-corrected chi connectivity index (χ3v) is 7.22. The molecule has 0 saturated heterocycles. The van der Waals surface area contributed by atoms with Crippen LogP contribution in [0.2, 0.25) is 0 Å². The average molecular weight is 523 g/mol. The number of amides is 1. The van der Waals surface area contributed by atoms with Crippen LogP contribution in [0.1, 0.15) is 15.4 Å². The maximum absolute atomic E-state index is 13.8. The van der Waals surface area contributed by atoms with Gasteiger partial charge in [-0.1, -0.05) is 23.5 Å². The summed E-state index contributed by atoms with van der Waals surface area (Å²) in [6, 6.07) is 15.2. The normalized spacial score (nSPS) is 11.3. The number of carbonyl (C=O) groups is 1. The average Bonchev–Trinajstić information content (AvgIpc) is 3.51. The van der Waals surface area contributed by atoms with Gasteiger partial charge in [0.05, 0.1) is 48.0 Å². The van der Waals surface area contributed by atoms with Gasteiger partial charge in [0.25, 0.3) is 0 Å². The minimum Gasteiger partial charge on any atom is -0.493 e. The molecule has 0 aliphatic rings. The molecule has 11 heteroatoms. The summed E-state index contributed by atoms with van der Waals surface area (Å²) >= 11 is 2.41. The summed E-state index contributed by atoms with van der Waals surface area (Å²) in [4.78, 5) is 22.6. The maximum atomic E-state index is 13.8. The third kappa shape index (κ3) is 4.45. The van der Waals surface area contributed by atoms with Crippen LogP contribution in [0.4, 0.5) is 9.52 Å². The van der Waals surface area contributed by atoms with Crippen molar-refractivity contribution in [2.45, 2.75) is 0 Å². The minimum atomic E-state index is -0.459. The Kier molecular flexibility index (Phi) is 6.49. The zero-order valence-electron chi connectivity index (χ0n) is 19.4. The number of para-hydroxylation sites is 1. The highest BCUT2D eigenvalue weighted by Crippen LogP contribution is 2.38. The summed E-state index contributed by atoms with van der Waals surface area (Å²) in [5, 5.41) is 6.17. The zero-order valence-corrected chi connectivity index (χ0v) is 21.0. The summed E-state index contributed by atoms with van der Waals surface area (Å²) in [6.45, 7) is 0. The summed E-state index contributed by atoms with van der Waals surface area (Å²) in [5.74, 6) is 0.477. The Balaban J connectivity index is 1.59. The first-order valence-electron chi connectivity index (χ1n) is 10.6. The predicted molar refractivity (Wildman–Crippen MR) is 140 cm³/mol. The van der Waals surface area contributed by atoms with Crippen molar-refractivity contribution in [1.82, 2.24) is 9.97 Å². The topological polar surface area (TPSA) is 86.1 Å². The highest BCUT2D eigenvalue weighted by molar-refractivity contribution is 7.22. The van der Waals surface area contributed by atoms with Gasteiger partial charge >= 0.3 is 5.91 Å². The predicted octanol–water partition coefficient (Wildman–Crippen LogP) is 5.75. The molecule has 0 unspecified atom stereocenters. The molecule has 3 aromatic carbocycles. The molecule has 0 aliphatic heterocycles. The van der Waals surface area contributed by atoms with Crippen LogP contribution in [-0.4, -0.2) is 43.4 Å². The molecule has 0 aliphatic carbocycles. The van der Waals surface area contributed by atoms with E-state index in [2.05, 4.69) is 15.1 Å². The fourth-order valence-corrected chi connectivity index (χ4v) is 5.36. The highest BCUT2D eigenvalue weighted by atomic mass is 32.1. The van der Waals surface area contributed by atoms with Crippen molar-refractivity contribution in [2.24, 2.45) is 5.10 Å². The summed E-state index contributed by atoms with van der Waals surface area (Å²) in [5.41, 5.74) is 1.87. The lowest BCUT2D eigenvalue weighted by molar-refractivity contribution is 0.0987. The maximum Gasteiger partial charge on any atom is 0.309 e. The molecule has 1 amide bonds. The quantitative estimate of drug-likeness (QED) is 0.200. The van der Waals surface area contributed by atoms with E-state index >= 15 is 0 Å². The number of benzene rings is 3. The lowest BCUT2D eigenvalue weighted by atomic mass is 10.2. The Morgan fingerprint density at radius 1 is 0.917 bits per heavy atom. The number of methoxy groups -OCH3 is 3. The van der Waals surface area contributed by atoms with E-state index in [4.69, 9.17) is 14.2 Å². The van der Waals surface area contributed by atoms with Gasteiger partial charge in [0.2, 0.25) is 10.9 Å². The van der Waals surface area contributed by atoms with Gasteiger partial charge < -0.3 is 14.2 Å². The van der Waals surface area contributed by atoms with Gasteiger partial charge in [-0.2, -0.15) is 10.1 Å². The van der Waals surface area contributed by atoms with Crippen LogP contribution >= 0.6 is 22.7 Å². The Hall–Kier alpha value is -4.09. The number of halogens is 1. The molecular formula is C25H19FN4O4S2. The van der Waals surface area contributed by atoms with Crippen LogP contribution in [0, 0.1) is 5.82 Å². The summed E-state index contributed by atoms with van der Waals surface area (Å²) in [7, 11) is 4.55. The molecule has 5 rings (SSSR count). The number of aromatic nitrogens is 2. The van der Waals surface area contributed by atoms with Gasteiger partial charge in [0, 0.05) is 5.56 Å². The summed E-state index contributed by atoms with van der Waals surface area (Å²) < 4.78 is 31.5. The number of thiazole rings is 2. The van der Waals surface area contributed by atoms with Crippen molar-refractivity contribution >= 4 is 60.4 Å².